The molecule has 1 aromatic heterocycles. The molecule has 8 N–H and O–H groups in total. The van der Waals surface area contributed by atoms with Crippen LogP contribution in [0.3, 0.4) is 0 Å². The molecule has 2 rings (SSSR count). The summed E-state index contributed by atoms with van der Waals surface area (Å²) in [7, 11) is 0. The molecule has 0 bridgehead atoms. The number of imidazole rings is 1. The molecular weight excluding hydrogens is 508 g/mol. The molecule has 2 aromatic rings. The highest BCUT2D eigenvalue weighted by Crippen LogP contribution is 2.09. The number of aromatic amines is 1. The summed E-state index contributed by atoms with van der Waals surface area (Å²) in [6.45, 7) is 3.69. The summed E-state index contributed by atoms with van der Waals surface area (Å²) < 4.78 is 0. The first-order chi connectivity index (χ1) is 18.5. The van der Waals surface area contributed by atoms with Gasteiger partial charge in [0.05, 0.1) is 12.4 Å². The minimum absolute atomic E-state index is 0.0798. The van der Waals surface area contributed by atoms with Crippen molar-refractivity contribution in [3.63, 3.8) is 0 Å². The van der Waals surface area contributed by atoms with Gasteiger partial charge in [-0.15, -0.1) is 0 Å². The number of carbonyl (C=O) groups excluding carboxylic acids is 3. The van der Waals surface area contributed by atoms with Crippen LogP contribution in [-0.4, -0.2) is 74.0 Å². The predicted octanol–water partition coefficient (Wildman–Crippen LogP) is -0.0279. The summed E-state index contributed by atoms with van der Waals surface area (Å²) in [5, 5.41) is 26.2. The van der Waals surface area contributed by atoms with Gasteiger partial charge in [-0.25, -0.2) is 9.78 Å². The molecule has 3 amide bonds. The average molecular weight is 545 g/mol. The minimum atomic E-state index is -1.38. The summed E-state index contributed by atoms with van der Waals surface area (Å²) in [4.78, 5) is 68.8. The third kappa shape index (κ3) is 10.2. The largest absolute Gasteiger partial charge is 0.481 e. The molecule has 13 nitrogen and oxygen atoms in total. The van der Waals surface area contributed by atoms with E-state index in [0.717, 1.165) is 5.56 Å². The van der Waals surface area contributed by atoms with E-state index >= 15 is 0 Å². The fraction of sp³-hybridized carbons (Fsp3) is 0.462. The minimum Gasteiger partial charge on any atom is -0.481 e. The SMILES string of the molecule is CCC(C)C(N)C(=O)NC(Cc1ccccc1)C(=O)NC(CCC(=O)O)C(=O)NC(Cc1cnc[nH]1)C(=O)O. The van der Waals surface area contributed by atoms with Crippen LogP contribution in [0, 0.1) is 5.92 Å². The molecule has 5 unspecified atom stereocenters. The first-order valence-corrected chi connectivity index (χ1v) is 12.6. The van der Waals surface area contributed by atoms with Crippen molar-refractivity contribution in [3.8, 4) is 0 Å². The molecule has 0 aliphatic carbocycles. The number of aromatic nitrogens is 2. The summed E-state index contributed by atoms with van der Waals surface area (Å²) in [5.74, 6) is -4.84. The Labute approximate surface area is 226 Å². The first kappa shape index (κ1) is 31.0. The lowest BCUT2D eigenvalue weighted by molar-refractivity contribution is -0.143. The number of amides is 3. The molecule has 0 saturated carbocycles. The molecule has 1 aromatic carbocycles. The number of benzene rings is 1. The van der Waals surface area contributed by atoms with E-state index in [1.807, 2.05) is 13.8 Å². The second-order valence-electron chi connectivity index (χ2n) is 9.34. The van der Waals surface area contributed by atoms with Crippen LogP contribution in [0.2, 0.25) is 0 Å². The number of nitrogens with two attached hydrogens (primary N) is 1. The van der Waals surface area contributed by atoms with Crippen molar-refractivity contribution in [2.75, 3.05) is 0 Å². The Morgan fingerprint density at radius 3 is 2.10 bits per heavy atom. The Hall–Kier alpha value is -4.26. The van der Waals surface area contributed by atoms with Crippen LogP contribution in [0.15, 0.2) is 42.9 Å². The quantitative estimate of drug-likeness (QED) is 0.151. The molecule has 5 atom stereocenters. The second kappa shape index (κ2) is 15.2. The highest BCUT2D eigenvalue weighted by molar-refractivity contribution is 5.94. The molecule has 0 spiro atoms. The molecule has 39 heavy (non-hydrogen) atoms. The number of nitrogens with zero attached hydrogens (tertiary/aromatic N) is 1. The van der Waals surface area contributed by atoms with Crippen LogP contribution in [0.5, 0.6) is 0 Å². The third-order valence-electron chi connectivity index (χ3n) is 6.35. The summed E-state index contributed by atoms with van der Waals surface area (Å²) in [5.41, 5.74) is 7.23. The monoisotopic (exact) mass is 544 g/mol. The topological polar surface area (TPSA) is 217 Å². The fourth-order valence-corrected chi connectivity index (χ4v) is 3.74. The van der Waals surface area contributed by atoms with Crippen molar-refractivity contribution in [2.45, 2.75) is 70.1 Å². The van der Waals surface area contributed by atoms with Gasteiger partial charge in [-0.05, 0) is 17.9 Å². The molecule has 0 saturated heterocycles. The molecular formula is C26H36N6O7. The van der Waals surface area contributed by atoms with Gasteiger partial charge in [0.25, 0.3) is 0 Å². The van der Waals surface area contributed by atoms with Crippen molar-refractivity contribution in [2.24, 2.45) is 11.7 Å². The van der Waals surface area contributed by atoms with Crippen LogP contribution in [0.4, 0.5) is 0 Å². The molecule has 212 valence electrons. The van der Waals surface area contributed by atoms with Gasteiger partial charge in [0.1, 0.15) is 18.1 Å². The van der Waals surface area contributed by atoms with Gasteiger partial charge in [-0.2, -0.15) is 0 Å². The first-order valence-electron chi connectivity index (χ1n) is 12.6. The lowest BCUT2D eigenvalue weighted by Crippen LogP contribution is -2.58. The van der Waals surface area contributed by atoms with E-state index < -0.39 is 60.2 Å². The maximum atomic E-state index is 13.4. The van der Waals surface area contributed by atoms with E-state index in [1.54, 1.807) is 30.3 Å². The number of H-pyrrole nitrogens is 1. The smallest absolute Gasteiger partial charge is 0.326 e. The van der Waals surface area contributed by atoms with Gasteiger partial charge in [0.2, 0.25) is 17.7 Å². The van der Waals surface area contributed by atoms with Crippen molar-refractivity contribution < 1.29 is 34.2 Å². The molecule has 0 aliphatic rings. The Kier molecular flexibility index (Phi) is 12.1. The number of hydrogen-bond donors (Lipinski definition) is 7. The van der Waals surface area contributed by atoms with Crippen LogP contribution in [0.1, 0.15) is 44.4 Å². The predicted molar refractivity (Wildman–Crippen MR) is 140 cm³/mol. The van der Waals surface area contributed by atoms with Crippen molar-refractivity contribution in [3.05, 3.63) is 54.1 Å². The Morgan fingerprint density at radius 1 is 0.923 bits per heavy atom. The van der Waals surface area contributed by atoms with Gasteiger partial charge in [-0.3, -0.25) is 19.2 Å². The highest BCUT2D eigenvalue weighted by atomic mass is 16.4. The Bertz CT molecular complexity index is 1110. The molecule has 0 fully saturated rings. The normalized spacial score (nSPS) is 14.7. The number of rotatable bonds is 16. The van der Waals surface area contributed by atoms with Crippen LogP contribution in [-0.2, 0) is 36.8 Å². The number of hydrogen-bond acceptors (Lipinski definition) is 7. The summed E-state index contributed by atoms with van der Waals surface area (Å²) >= 11 is 0. The number of carboxylic acid groups (broad SMARTS) is 2. The standard InChI is InChI=1S/C26H36N6O7/c1-3-15(2)22(27)25(37)31-19(11-16-7-5-4-6-8-16)24(36)30-18(9-10-21(33)34)23(35)32-20(26(38)39)12-17-13-28-14-29-17/h4-8,13-15,18-20,22H,3,9-12,27H2,1-2H3,(H,28,29)(H,30,36)(H,31,37)(H,32,35)(H,33,34)(H,38,39). The zero-order chi connectivity index (χ0) is 28.9. The van der Waals surface area contributed by atoms with Crippen molar-refractivity contribution in [1.29, 1.82) is 0 Å². The molecule has 13 heteroatoms. The lowest BCUT2D eigenvalue weighted by Gasteiger charge is -2.26. The molecule has 0 radical (unpaired) electrons. The number of carboxylic acids is 2. The number of carbonyl (C=O) groups is 5. The highest BCUT2D eigenvalue weighted by Gasteiger charge is 2.31. The van der Waals surface area contributed by atoms with Crippen LogP contribution >= 0.6 is 0 Å². The number of nitrogens with one attached hydrogen (secondary N) is 4. The van der Waals surface area contributed by atoms with E-state index in [-0.39, 0.29) is 25.2 Å². The van der Waals surface area contributed by atoms with Crippen LogP contribution in [0.25, 0.3) is 0 Å². The fourth-order valence-electron chi connectivity index (χ4n) is 3.74. The molecule has 1 heterocycles. The van der Waals surface area contributed by atoms with Gasteiger partial charge < -0.3 is 36.9 Å². The molecule has 0 aliphatic heterocycles. The van der Waals surface area contributed by atoms with E-state index in [9.17, 15) is 29.1 Å². The Morgan fingerprint density at radius 2 is 1.54 bits per heavy atom. The van der Waals surface area contributed by atoms with E-state index in [4.69, 9.17) is 10.8 Å². The second-order valence-corrected chi connectivity index (χ2v) is 9.34. The average Bonchev–Trinajstić information content (AvgIpc) is 3.42. The van der Waals surface area contributed by atoms with Crippen molar-refractivity contribution >= 4 is 29.7 Å². The maximum absolute atomic E-state index is 13.4. The van der Waals surface area contributed by atoms with E-state index in [1.165, 1.54) is 12.5 Å². The van der Waals surface area contributed by atoms with Crippen molar-refractivity contribution in [1.82, 2.24) is 25.9 Å². The summed E-state index contributed by atoms with van der Waals surface area (Å²) in [6.07, 6.45) is 2.61. The lowest BCUT2D eigenvalue weighted by atomic mass is 9.98. The van der Waals surface area contributed by atoms with E-state index in [0.29, 0.717) is 12.1 Å². The third-order valence-corrected chi connectivity index (χ3v) is 6.35. The van der Waals surface area contributed by atoms with E-state index in [2.05, 4.69) is 25.9 Å². The Balaban J connectivity index is 2.23. The van der Waals surface area contributed by atoms with Gasteiger partial charge >= 0.3 is 11.9 Å². The van der Waals surface area contributed by atoms with Gasteiger partial charge in [0, 0.05) is 31.2 Å². The van der Waals surface area contributed by atoms with Gasteiger partial charge in [0.15, 0.2) is 0 Å². The van der Waals surface area contributed by atoms with Gasteiger partial charge in [-0.1, -0.05) is 50.6 Å². The zero-order valence-electron chi connectivity index (χ0n) is 21.9. The van der Waals surface area contributed by atoms with Crippen LogP contribution < -0.4 is 21.7 Å². The maximum Gasteiger partial charge on any atom is 0.326 e. The zero-order valence-corrected chi connectivity index (χ0v) is 21.9. The number of aliphatic carboxylic acids is 2. The summed E-state index contributed by atoms with van der Waals surface area (Å²) in [6, 6.07) is 4.13.